The minimum Gasteiger partial charge on any atom is -0.308 e. The van der Waals surface area contributed by atoms with Crippen molar-refractivity contribution in [2.75, 3.05) is 13.1 Å². The fourth-order valence-electron chi connectivity index (χ4n) is 3.37. The molecule has 2 unspecified atom stereocenters. The van der Waals surface area contributed by atoms with Crippen LogP contribution in [0.3, 0.4) is 0 Å². The summed E-state index contributed by atoms with van der Waals surface area (Å²) in [6, 6.07) is 1.43. The van der Waals surface area contributed by atoms with Crippen molar-refractivity contribution in [1.82, 2.24) is 10.2 Å². The summed E-state index contributed by atoms with van der Waals surface area (Å²) in [5, 5.41) is 3.85. The molecule has 18 heavy (non-hydrogen) atoms. The monoisotopic (exact) mass is 254 g/mol. The Bertz CT molecular complexity index is 233. The van der Waals surface area contributed by atoms with E-state index in [4.69, 9.17) is 0 Å². The summed E-state index contributed by atoms with van der Waals surface area (Å²) in [5.74, 6) is 0.739. The fourth-order valence-corrected chi connectivity index (χ4v) is 3.37. The second kappa shape index (κ2) is 6.91. The van der Waals surface area contributed by atoms with Crippen molar-refractivity contribution < 1.29 is 0 Å². The lowest BCUT2D eigenvalue weighted by Gasteiger charge is -2.51. The molecule has 2 nitrogen and oxygen atoms in total. The number of rotatable bonds is 6. The maximum Gasteiger partial charge on any atom is 0.0304 e. The molecule has 0 aromatic heterocycles. The third-order valence-electron chi connectivity index (χ3n) is 4.99. The van der Waals surface area contributed by atoms with Crippen molar-refractivity contribution in [1.29, 1.82) is 0 Å². The van der Waals surface area contributed by atoms with Gasteiger partial charge in [0.05, 0.1) is 0 Å². The minimum absolute atomic E-state index is 0.355. The number of nitrogens with zero attached hydrogens (tertiary/aromatic N) is 1. The van der Waals surface area contributed by atoms with E-state index in [1.165, 1.54) is 32.2 Å². The smallest absolute Gasteiger partial charge is 0.0304 e. The second-order valence-corrected chi connectivity index (χ2v) is 6.49. The van der Waals surface area contributed by atoms with Crippen LogP contribution in [-0.4, -0.2) is 35.6 Å². The van der Waals surface area contributed by atoms with E-state index >= 15 is 0 Å². The SMILES string of the molecule is CCCC(C)N1CC(CC)(CC)NCC1C(C)C. The summed E-state index contributed by atoms with van der Waals surface area (Å²) in [6.45, 7) is 16.5. The van der Waals surface area contributed by atoms with Gasteiger partial charge in [0.1, 0.15) is 0 Å². The van der Waals surface area contributed by atoms with E-state index in [0.717, 1.165) is 18.5 Å². The number of nitrogens with one attached hydrogen (secondary N) is 1. The van der Waals surface area contributed by atoms with Crippen LogP contribution in [0.1, 0.15) is 67.2 Å². The van der Waals surface area contributed by atoms with Gasteiger partial charge >= 0.3 is 0 Å². The van der Waals surface area contributed by atoms with Gasteiger partial charge in [0.15, 0.2) is 0 Å². The molecular weight excluding hydrogens is 220 g/mol. The lowest BCUT2D eigenvalue weighted by atomic mass is 9.85. The van der Waals surface area contributed by atoms with Gasteiger partial charge in [0.25, 0.3) is 0 Å². The highest BCUT2D eigenvalue weighted by atomic mass is 15.3. The van der Waals surface area contributed by atoms with E-state index in [2.05, 4.69) is 51.8 Å². The Kier molecular flexibility index (Phi) is 6.13. The second-order valence-electron chi connectivity index (χ2n) is 6.49. The highest BCUT2D eigenvalue weighted by Gasteiger charge is 2.39. The van der Waals surface area contributed by atoms with Crippen LogP contribution in [0, 0.1) is 5.92 Å². The molecule has 0 radical (unpaired) electrons. The molecule has 1 N–H and O–H groups in total. The van der Waals surface area contributed by atoms with E-state index in [1.807, 2.05) is 0 Å². The molecule has 0 aromatic rings. The third-order valence-corrected chi connectivity index (χ3v) is 4.99. The van der Waals surface area contributed by atoms with E-state index in [0.29, 0.717) is 11.6 Å². The minimum atomic E-state index is 0.355. The molecule has 0 spiro atoms. The Morgan fingerprint density at radius 2 is 1.78 bits per heavy atom. The van der Waals surface area contributed by atoms with E-state index in [-0.39, 0.29) is 0 Å². The molecule has 1 fully saturated rings. The molecule has 1 aliphatic rings. The van der Waals surface area contributed by atoms with Gasteiger partial charge in [-0.25, -0.2) is 0 Å². The standard InChI is InChI=1S/C16H34N2/c1-7-10-14(6)18-12-16(8-2,9-3)17-11-15(18)13(4)5/h13-15,17H,7-12H2,1-6H3. The lowest BCUT2D eigenvalue weighted by Crippen LogP contribution is -2.66. The molecule has 0 aromatic carbocycles. The molecule has 0 aliphatic carbocycles. The topological polar surface area (TPSA) is 15.3 Å². The molecule has 108 valence electrons. The lowest BCUT2D eigenvalue weighted by molar-refractivity contribution is 0.0193. The molecule has 0 amide bonds. The van der Waals surface area contributed by atoms with Gasteiger partial charge < -0.3 is 5.32 Å². The van der Waals surface area contributed by atoms with Gasteiger partial charge in [0, 0.05) is 30.7 Å². The third kappa shape index (κ3) is 3.48. The summed E-state index contributed by atoms with van der Waals surface area (Å²) in [7, 11) is 0. The van der Waals surface area contributed by atoms with Gasteiger partial charge in [0.2, 0.25) is 0 Å². The van der Waals surface area contributed by atoms with Gasteiger partial charge in [-0.2, -0.15) is 0 Å². The average molecular weight is 254 g/mol. The average Bonchev–Trinajstić information content (AvgIpc) is 2.38. The number of hydrogen-bond acceptors (Lipinski definition) is 2. The van der Waals surface area contributed by atoms with Crippen LogP contribution in [0.5, 0.6) is 0 Å². The fraction of sp³-hybridized carbons (Fsp3) is 1.00. The van der Waals surface area contributed by atoms with Crippen molar-refractivity contribution in [3.8, 4) is 0 Å². The first kappa shape index (κ1) is 16.0. The summed E-state index contributed by atoms with van der Waals surface area (Å²) in [5.41, 5.74) is 0.355. The molecule has 1 heterocycles. The Labute approximate surface area is 115 Å². The van der Waals surface area contributed by atoms with Crippen LogP contribution in [0.25, 0.3) is 0 Å². The van der Waals surface area contributed by atoms with Gasteiger partial charge in [-0.15, -0.1) is 0 Å². The van der Waals surface area contributed by atoms with E-state index < -0.39 is 0 Å². The first-order chi connectivity index (χ1) is 8.49. The predicted molar refractivity (Wildman–Crippen MR) is 81.0 cm³/mol. The van der Waals surface area contributed by atoms with Crippen molar-refractivity contribution in [3.63, 3.8) is 0 Å². The van der Waals surface area contributed by atoms with Crippen LogP contribution in [0.2, 0.25) is 0 Å². The highest BCUT2D eigenvalue weighted by Crippen LogP contribution is 2.28. The zero-order valence-electron chi connectivity index (χ0n) is 13.4. The number of hydrogen-bond donors (Lipinski definition) is 1. The molecular formula is C16H34N2. The first-order valence-corrected chi connectivity index (χ1v) is 8.00. The summed E-state index contributed by atoms with van der Waals surface area (Å²) < 4.78 is 0. The Hall–Kier alpha value is -0.0800. The maximum absolute atomic E-state index is 3.85. The van der Waals surface area contributed by atoms with Crippen LogP contribution in [0.15, 0.2) is 0 Å². The molecule has 1 aliphatic heterocycles. The van der Waals surface area contributed by atoms with Crippen molar-refractivity contribution in [2.24, 2.45) is 5.92 Å². The Balaban J connectivity index is 2.82. The van der Waals surface area contributed by atoms with Crippen molar-refractivity contribution >= 4 is 0 Å². The zero-order chi connectivity index (χ0) is 13.8. The molecule has 1 rings (SSSR count). The quantitative estimate of drug-likeness (QED) is 0.778. The largest absolute Gasteiger partial charge is 0.308 e. The van der Waals surface area contributed by atoms with E-state index in [1.54, 1.807) is 0 Å². The van der Waals surface area contributed by atoms with Crippen LogP contribution in [0.4, 0.5) is 0 Å². The molecule has 1 saturated heterocycles. The summed E-state index contributed by atoms with van der Waals surface area (Å²) in [4.78, 5) is 2.79. The molecule has 0 saturated carbocycles. The van der Waals surface area contributed by atoms with Crippen LogP contribution < -0.4 is 5.32 Å². The van der Waals surface area contributed by atoms with E-state index in [9.17, 15) is 0 Å². The van der Waals surface area contributed by atoms with Gasteiger partial charge in [-0.1, -0.05) is 41.0 Å². The molecule has 2 atom stereocenters. The Morgan fingerprint density at radius 3 is 2.22 bits per heavy atom. The summed E-state index contributed by atoms with van der Waals surface area (Å²) >= 11 is 0. The van der Waals surface area contributed by atoms with Gasteiger partial charge in [-0.3, -0.25) is 4.90 Å². The Morgan fingerprint density at radius 1 is 1.17 bits per heavy atom. The normalized spacial score (nSPS) is 26.5. The van der Waals surface area contributed by atoms with Crippen LogP contribution in [-0.2, 0) is 0 Å². The van der Waals surface area contributed by atoms with Crippen molar-refractivity contribution in [2.45, 2.75) is 84.8 Å². The van der Waals surface area contributed by atoms with Gasteiger partial charge in [-0.05, 0) is 32.1 Å². The summed E-state index contributed by atoms with van der Waals surface area (Å²) in [6.07, 6.45) is 5.10. The maximum atomic E-state index is 3.85. The highest BCUT2D eigenvalue weighted by molar-refractivity contribution is 4.98. The molecule has 0 bridgehead atoms. The first-order valence-electron chi connectivity index (χ1n) is 8.00. The predicted octanol–water partition coefficient (Wildman–Crippen LogP) is 3.66. The zero-order valence-corrected chi connectivity index (χ0v) is 13.4. The van der Waals surface area contributed by atoms with Crippen molar-refractivity contribution in [3.05, 3.63) is 0 Å². The van der Waals surface area contributed by atoms with Crippen LogP contribution >= 0.6 is 0 Å². The molecule has 2 heteroatoms. The number of piperazine rings is 1.